The Kier molecular flexibility index (Phi) is 6.62. The molecule has 1 saturated heterocycles. The summed E-state index contributed by atoms with van der Waals surface area (Å²) in [4.78, 5) is 23.1. The molecule has 1 aliphatic heterocycles. The maximum absolute atomic E-state index is 12.4. The molecule has 138 valence electrons. The minimum Gasteiger partial charge on any atom is -0.379 e. The van der Waals surface area contributed by atoms with Gasteiger partial charge in [0.25, 0.3) is 5.91 Å². The number of amides is 1. The van der Waals surface area contributed by atoms with Crippen LogP contribution in [0, 0.1) is 0 Å². The first kappa shape index (κ1) is 18.8. The van der Waals surface area contributed by atoms with E-state index in [9.17, 15) is 4.79 Å². The number of hydrogen-bond donors (Lipinski definition) is 2. The maximum Gasteiger partial charge on any atom is 0.274 e. The van der Waals surface area contributed by atoms with Gasteiger partial charge in [-0.15, -0.1) is 0 Å². The number of hydrogen-bond acceptors (Lipinski definition) is 6. The van der Waals surface area contributed by atoms with Crippen LogP contribution in [0.4, 0.5) is 11.6 Å². The van der Waals surface area contributed by atoms with E-state index in [4.69, 9.17) is 27.9 Å². The molecule has 0 radical (unpaired) electrons. The molecule has 1 aromatic carbocycles. The van der Waals surface area contributed by atoms with Crippen LogP contribution in [0.2, 0.25) is 10.0 Å². The molecule has 1 aromatic heterocycles. The standard InChI is InChI=1S/C17H19Cl2N5O2/c18-12-2-1-3-13(19)15(12)23-16(25)14-4-5-20-17(22-14)21-6-7-24-8-10-26-11-9-24/h1-5H,6-11H2,(H,23,25)(H,20,21,22). The van der Waals surface area contributed by atoms with Crippen molar-refractivity contribution in [2.24, 2.45) is 0 Å². The zero-order valence-corrected chi connectivity index (χ0v) is 15.6. The van der Waals surface area contributed by atoms with E-state index >= 15 is 0 Å². The number of carbonyl (C=O) groups excluding carboxylic acids is 1. The van der Waals surface area contributed by atoms with E-state index in [-0.39, 0.29) is 5.69 Å². The Balaban J connectivity index is 1.58. The Hall–Kier alpha value is -1.93. The third-order valence-corrected chi connectivity index (χ3v) is 4.53. The van der Waals surface area contributed by atoms with Crippen molar-refractivity contribution in [1.82, 2.24) is 14.9 Å². The second-order valence-corrected chi connectivity index (χ2v) is 6.51. The highest BCUT2D eigenvalue weighted by molar-refractivity contribution is 6.39. The van der Waals surface area contributed by atoms with Gasteiger partial charge in [0.05, 0.1) is 28.9 Å². The molecule has 26 heavy (non-hydrogen) atoms. The van der Waals surface area contributed by atoms with Crippen molar-refractivity contribution in [1.29, 1.82) is 0 Å². The summed E-state index contributed by atoms with van der Waals surface area (Å²) < 4.78 is 5.32. The first-order valence-electron chi connectivity index (χ1n) is 8.26. The van der Waals surface area contributed by atoms with Crippen molar-refractivity contribution in [3.05, 3.63) is 46.2 Å². The smallest absolute Gasteiger partial charge is 0.274 e. The quantitative estimate of drug-likeness (QED) is 0.782. The monoisotopic (exact) mass is 395 g/mol. The summed E-state index contributed by atoms with van der Waals surface area (Å²) in [5.74, 6) is -0.00482. The van der Waals surface area contributed by atoms with Crippen molar-refractivity contribution in [3.8, 4) is 0 Å². The first-order chi connectivity index (χ1) is 12.6. The van der Waals surface area contributed by atoms with Gasteiger partial charge in [0, 0.05) is 32.4 Å². The van der Waals surface area contributed by atoms with E-state index in [2.05, 4.69) is 25.5 Å². The molecule has 9 heteroatoms. The Labute approximate surface area is 161 Å². The van der Waals surface area contributed by atoms with Crippen LogP contribution in [0.3, 0.4) is 0 Å². The van der Waals surface area contributed by atoms with Crippen molar-refractivity contribution in [2.45, 2.75) is 0 Å². The largest absolute Gasteiger partial charge is 0.379 e. The van der Waals surface area contributed by atoms with Crippen LogP contribution >= 0.6 is 23.2 Å². The molecule has 0 aliphatic carbocycles. The van der Waals surface area contributed by atoms with E-state index in [1.165, 1.54) is 12.3 Å². The molecule has 0 spiro atoms. The second-order valence-electron chi connectivity index (χ2n) is 5.70. The lowest BCUT2D eigenvalue weighted by molar-refractivity contribution is 0.0398. The van der Waals surface area contributed by atoms with Crippen LogP contribution in [0.1, 0.15) is 10.5 Å². The van der Waals surface area contributed by atoms with Crippen LogP contribution in [0.15, 0.2) is 30.5 Å². The Morgan fingerprint density at radius 3 is 2.65 bits per heavy atom. The number of nitrogens with one attached hydrogen (secondary N) is 2. The second kappa shape index (κ2) is 9.14. The van der Waals surface area contributed by atoms with E-state index in [0.29, 0.717) is 28.2 Å². The van der Waals surface area contributed by atoms with E-state index < -0.39 is 5.91 Å². The summed E-state index contributed by atoms with van der Waals surface area (Å²) in [6, 6.07) is 6.55. The molecule has 2 N–H and O–H groups in total. The molecule has 0 saturated carbocycles. The third-order valence-electron chi connectivity index (χ3n) is 3.90. The number of rotatable bonds is 6. The van der Waals surface area contributed by atoms with Gasteiger partial charge < -0.3 is 15.4 Å². The summed E-state index contributed by atoms with van der Waals surface area (Å²) in [6.07, 6.45) is 1.53. The lowest BCUT2D eigenvalue weighted by Crippen LogP contribution is -2.39. The topological polar surface area (TPSA) is 79.4 Å². The predicted molar refractivity (Wildman–Crippen MR) is 102 cm³/mol. The highest BCUT2D eigenvalue weighted by atomic mass is 35.5. The zero-order valence-electron chi connectivity index (χ0n) is 14.0. The highest BCUT2D eigenvalue weighted by Crippen LogP contribution is 2.30. The van der Waals surface area contributed by atoms with E-state index in [0.717, 1.165) is 32.8 Å². The van der Waals surface area contributed by atoms with E-state index in [1.807, 2.05) is 0 Å². The summed E-state index contributed by atoms with van der Waals surface area (Å²) in [7, 11) is 0. The molecule has 7 nitrogen and oxygen atoms in total. The molecular weight excluding hydrogens is 377 g/mol. The molecule has 3 rings (SSSR count). The van der Waals surface area contributed by atoms with Gasteiger partial charge in [-0.05, 0) is 18.2 Å². The Bertz CT molecular complexity index is 748. The average molecular weight is 396 g/mol. The van der Waals surface area contributed by atoms with Crippen molar-refractivity contribution < 1.29 is 9.53 Å². The van der Waals surface area contributed by atoms with Crippen molar-refractivity contribution in [3.63, 3.8) is 0 Å². The summed E-state index contributed by atoms with van der Waals surface area (Å²) >= 11 is 12.2. The van der Waals surface area contributed by atoms with E-state index in [1.54, 1.807) is 18.2 Å². The minimum absolute atomic E-state index is 0.227. The molecule has 1 fully saturated rings. The lowest BCUT2D eigenvalue weighted by atomic mass is 10.3. The average Bonchev–Trinajstić information content (AvgIpc) is 2.66. The number of nitrogens with zero attached hydrogens (tertiary/aromatic N) is 3. The van der Waals surface area contributed by atoms with Gasteiger partial charge in [-0.1, -0.05) is 29.3 Å². The molecular formula is C17H19Cl2N5O2. The highest BCUT2D eigenvalue weighted by Gasteiger charge is 2.14. The number of carbonyl (C=O) groups is 1. The van der Waals surface area contributed by atoms with Crippen LogP contribution in [-0.4, -0.2) is 60.2 Å². The van der Waals surface area contributed by atoms with Gasteiger partial charge >= 0.3 is 0 Å². The number of benzene rings is 1. The molecule has 0 atom stereocenters. The van der Waals surface area contributed by atoms with Gasteiger partial charge in [-0.2, -0.15) is 0 Å². The fourth-order valence-corrected chi connectivity index (χ4v) is 3.01. The minimum atomic E-state index is -0.404. The van der Waals surface area contributed by atoms with Gasteiger partial charge in [0.1, 0.15) is 5.69 Å². The first-order valence-corrected chi connectivity index (χ1v) is 9.01. The van der Waals surface area contributed by atoms with Crippen molar-refractivity contribution >= 4 is 40.7 Å². The van der Waals surface area contributed by atoms with Crippen LogP contribution in [0.25, 0.3) is 0 Å². The third kappa shape index (κ3) is 5.04. The van der Waals surface area contributed by atoms with Crippen LogP contribution in [0.5, 0.6) is 0 Å². The number of halogens is 2. The zero-order chi connectivity index (χ0) is 18.4. The van der Waals surface area contributed by atoms with Crippen LogP contribution in [-0.2, 0) is 4.74 Å². The number of aromatic nitrogens is 2. The molecule has 1 amide bonds. The molecule has 1 aliphatic rings. The van der Waals surface area contributed by atoms with Gasteiger partial charge in [-0.3, -0.25) is 9.69 Å². The number of morpholine rings is 1. The van der Waals surface area contributed by atoms with Gasteiger partial charge in [0.15, 0.2) is 0 Å². The summed E-state index contributed by atoms with van der Waals surface area (Å²) in [5, 5.41) is 6.55. The fourth-order valence-electron chi connectivity index (χ4n) is 2.52. The van der Waals surface area contributed by atoms with Gasteiger partial charge in [0.2, 0.25) is 5.95 Å². The fraction of sp³-hybridized carbons (Fsp3) is 0.353. The predicted octanol–water partition coefficient (Wildman–Crippen LogP) is 2.78. The molecule has 2 aromatic rings. The Morgan fingerprint density at radius 1 is 1.19 bits per heavy atom. The molecule has 0 unspecified atom stereocenters. The maximum atomic E-state index is 12.4. The summed E-state index contributed by atoms with van der Waals surface area (Å²) in [6.45, 7) is 4.90. The Morgan fingerprint density at radius 2 is 1.92 bits per heavy atom. The number of anilines is 2. The number of ether oxygens (including phenoxy) is 1. The SMILES string of the molecule is O=C(Nc1c(Cl)cccc1Cl)c1ccnc(NCCN2CCOCC2)n1. The normalized spacial score (nSPS) is 14.8. The molecule has 2 heterocycles. The van der Waals surface area contributed by atoms with Crippen LogP contribution < -0.4 is 10.6 Å². The van der Waals surface area contributed by atoms with Crippen molar-refractivity contribution in [2.75, 3.05) is 50.0 Å². The van der Waals surface area contributed by atoms with Gasteiger partial charge in [-0.25, -0.2) is 9.97 Å². The summed E-state index contributed by atoms with van der Waals surface area (Å²) in [5.41, 5.74) is 0.589. The number of para-hydroxylation sites is 1. The lowest BCUT2D eigenvalue weighted by Gasteiger charge is -2.26. The molecule has 0 bridgehead atoms.